The molecule has 0 aliphatic heterocycles. The van der Waals surface area contributed by atoms with Gasteiger partial charge in [-0.3, -0.25) is 0 Å². The number of unbranched alkanes of at least 4 members (excludes halogenated alkanes) is 2. The van der Waals surface area contributed by atoms with Crippen molar-refractivity contribution in [3.8, 4) is 0 Å². The van der Waals surface area contributed by atoms with Crippen LogP contribution in [0, 0.1) is 55.4 Å². The lowest BCUT2D eigenvalue weighted by Crippen LogP contribution is -1.83. The molecule has 0 radical (unpaired) electrons. The Labute approximate surface area is 367 Å². The molecule has 0 unspecified atom stereocenters. The summed E-state index contributed by atoms with van der Waals surface area (Å²) >= 11 is 0. The second-order valence-corrected chi connectivity index (χ2v) is 16.3. The van der Waals surface area contributed by atoms with E-state index >= 15 is 0 Å². The summed E-state index contributed by atoms with van der Waals surface area (Å²) in [4.78, 5) is 0. The number of hydrogen-bond acceptors (Lipinski definition) is 10. The third-order valence-corrected chi connectivity index (χ3v) is 10.8. The van der Waals surface area contributed by atoms with Gasteiger partial charge in [-0.15, -0.1) is 0 Å². The summed E-state index contributed by atoms with van der Waals surface area (Å²) in [5, 5.41) is 45.9. The highest BCUT2D eigenvalue weighted by Crippen LogP contribution is 2.37. The van der Waals surface area contributed by atoms with Crippen molar-refractivity contribution in [2.75, 3.05) is 0 Å². The summed E-state index contributed by atoms with van der Waals surface area (Å²) in [5.74, 6) is 0. The zero-order valence-corrected chi connectivity index (χ0v) is 38.0. The van der Waals surface area contributed by atoms with Gasteiger partial charge in [-0.2, -0.15) is 51.1 Å². The molecule has 6 aromatic carbocycles. The molecule has 316 valence electrons. The fourth-order valence-electron chi connectivity index (χ4n) is 7.36. The first-order valence-corrected chi connectivity index (χ1v) is 21.6. The Morgan fingerprint density at radius 3 is 0.710 bits per heavy atom. The average Bonchev–Trinajstić information content (AvgIpc) is 3.24. The predicted molar refractivity (Wildman–Crippen MR) is 255 cm³/mol. The summed E-state index contributed by atoms with van der Waals surface area (Å²) in [5.41, 5.74) is 18.4. The lowest BCUT2D eigenvalue weighted by molar-refractivity contribution is 0.795. The summed E-state index contributed by atoms with van der Waals surface area (Å²) in [6, 6.07) is 32.5. The lowest BCUT2D eigenvalue weighted by atomic mass is 10.1. The zero-order valence-electron chi connectivity index (χ0n) is 38.0. The predicted octanol–water partition coefficient (Wildman–Crippen LogP) is 18.9. The van der Waals surface area contributed by atoms with E-state index in [1.807, 2.05) is 128 Å². The van der Waals surface area contributed by atoms with Gasteiger partial charge in [0.2, 0.25) is 0 Å². The normalized spacial score (nSPS) is 12.1. The van der Waals surface area contributed by atoms with Crippen molar-refractivity contribution in [2.24, 2.45) is 51.1 Å². The van der Waals surface area contributed by atoms with E-state index in [-0.39, 0.29) is 0 Å². The lowest BCUT2D eigenvalue weighted by Gasteiger charge is -2.08. The maximum Gasteiger partial charge on any atom is 0.0916 e. The number of benzene rings is 6. The standard InChI is InChI=1S/C52H58N10/c1-11-13-15-41-17-21-43(22-18-41)53-59-49-33(3)25-45(26-34(49)4)55-56-46-27-35(5)51(36(6)28-46)61-58-48-31-39(9)52(40(10)32-48)62-57-47-29-37(7)50(38(8)30-47)60-54-44-23-19-42(20-24-44)16-14-12-2/h17-32H,11-16H2,1-10H3. The fraction of sp³-hybridized carbons (Fsp3) is 0.308. The molecule has 0 amide bonds. The van der Waals surface area contributed by atoms with Crippen molar-refractivity contribution in [3.05, 3.63) is 153 Å². The number of hydrogen-bond donors (Lipinski definition) is 0. The molecule has 10 nitrogen and oxygen atoms in total. The largest absolute Gasteiger partial charge is 0.151 e. The number of rotatable bonds is 16. The number of azo groups is 5. The Kier molecular flexibility index (Phi) is 15.4. The van der Waals surface area contributed by atoms with Crippen LogP contribution in [0.1, 0.15) is 95.2 Å². The molecular formula is C52H58N10. The van der Waals surface area contributed by atoms with Gasteiger partial charge in [0, 0.05) is 0 Å². The molecule has 0 spiro atoms. The molecule has 62 heavy (non-hydrogen) atoms. The molecule has 6 aromatic rings. The first kappa shape index (κ1) is 44.9. The third kappa shape index (κ3) is 12.0. The molecule has 0 N–H and O–H groups in total. The maximum atomic E-state index is 4.67. The molecule has 0 aromatic heterocycles. The van der Waals surface area contributed by atoms with E-state index in [0.717, 1.165) is 114 Å². The van der Waals surface area contributed by atoms with Crippen LogP contribution in [0.25, 0.3) is 0 Å². The van der Waals surface area contributed by atoms with Crippen LogP contribution in [-0.4, -0.2) is 0 Å². The molecule has 0 saturated heterocycles. The van der Waals surface area contributed by atoms with Crippen LogP contribution in [0.3, 0.4) is 0 Å². The Balaban J connectivity index is 1.09. The molecule has 6 rings (SSSR count). The van der Waals surface area contributed by atoms with E-state index < -0.39 is 0 Å². The Bertz CT molecular complexity index is 2580. The minimum Gasteiger partial charge on any atom is -0.151 e. The van der Waals surface area contributed by atoms with Gasteiger partial charge in [-0.1, -0.05) is 51.0 Å². The van der Waals surface area contributed by atoms with E-state index in [0.29, 0.717) is 0 Å². The van der Waals surface area contributed by atoms with Gasteiger partial charge in [0.15, 0.2) is 0 Å². The minimum atomic E-state index is 0.743. The van der Waals surface area contributed by atoms with Crippen LogP contribution in [0.2, 0.25) is 0 Å². The summed E-state index contributed by atoms with van der Waals surface area (Å²) in [7, 11) is 0. The highest BCUT2D eigenvalue weighted by Gasteiger charge is 2.10. The topological polar surface area (TPSA) is 124 Å². The van der Waals surface area contributed by atoms with E-state index in [9.17, 15) is 0 Å². The van der Waals surface area contributed by atoms with Crippen molar-refractivity contribution in [3.63, 3.8) is 0 Å². The number of aryl methyl sites for hydroxylation is 10. The number of nitrogens with zero attached hydrogens (tertiary/aromatic N) is 10. The van der Waals surface area contributed by atoms with Crippen LogP contribution < -0.4 is 0 Å². The molecule has 0 aliphatic rings. The average molecular weight is 823 g/mol. The second kappa shape index (κ2) is 21.2. The van der Waals surface area contributed by atoms with Crippen LogP contribution in [0.4, 0.5) is 56.9 Å². The summed E-state index contributed by atoms with van der Waals surface area (Å²) < 4.78 is 0. The van der Waals surface area contributed by atoms with Gasteiger partial charge >= 0.3 is 0 Å². The Morgan fingerprint density at radius 2 is 0.484 bits per heavy atom. The summed E-state index contributed by atoms with van der Waals surface area (Å²) in [6.45, 7) is 20.6. The van der Waals surface area contributed by atoms with E-state index in [1.54, 1.807) is 0 Å². The molecule has 0 heterocycles. The van der Waals surface area contributed by atoms with Crippen molar-refractivity contribution in [1.82, 2.24) is 0 Å². The first-order chi connectivity index (χ1) is 29.9. The van der Waals surface area contributed by atoms with Crippen LogP contribution in [-0.2, 0) is 12.8 Å². The monoisotopic (exact) mass is 822 g/mol. The van der Waals surface area contributed by atoms with Crippen molar-refractivity contribution in [2.45, 2.75) is 108 Å². The molecule has 0 atom stereocenters. The molecule has 0 fully saturated rings. The minimum absolute atomic E-state index is 0.743. The van der Waals surface area contributed by atoms with Gasteiger partial charge in [0.1, 0.15) is 0 Å². The molecular weight excluding hydrogens is 765 g/mol. The van der Waals surface area contributed by atoms with Gasteiger partial charge in [0.25, 0.3) is 0 Å². The van der Waals surface area contributed by atoms with Crippen LogP contribution >= 0.6 is 0 Å². The summed E-state index contributed by atoms with van der Waals surface area (Å²) in [6.07, 6.45) is 6.93. The van der Waals surface area contributed by atoms with Crippen LogP contribution in [0.5, 0.6) is 0 Å². The maximum absolute atomic E-state index is 4.67. The second-order valence-electron chi connectivity index (χ2n) is 16.3. The Hall–Kier alpha value is -6.68. The van der Waals surface area contributed by atoms with Crippen molar-refractivity contribution in [1.29, 1.82) is 0 Å². The van der Waals surface area contributed by atoms with Crippen molar-refractivity contribution < 1.29 is 0 Å². The fourth-order valence-corrected chi connectivity index (χ4v) is 7.36. The SMILES string of the molecule is CCCCc1ccc(N=Nc2c(C)cc(N=Nc3cc(C)c(N=Nc4cc(C)c(N=Nc5cc(C)c(N=Nc6ccc(CCCC)cc6)c(C)c5)c(C)c4)c(C)c3)cc2C)cc1. The van der Waals surface area contributed by atoms with E-state index in [2.05, 4.69) is 89.3 Å². The van der Waals surface area contributed by atoms with E-state index in [1.165, 1.54) is 36.8 Å². The highest BCUT2D eigenvalue weighted by molar-refractivity contribution is 5.64. The van der Waals surface area contributed by atoms with Crippen molar-refractivity contribution >= 4 is 56.9 Å². The van der Waals surface area contributed by atoms with Gasteiger partial charge in [-0.25, -0.2) is 0 Å². The Morgan fingerprint density at radius 1 is 0.274 bits per heavy atom. The van der Waals surface area contributed by atoms with E-state index in [4.69, 9.17) is 0 Å². The molecule has 0 bridgehead atoms. The van der Waals surface area contributed by atoms with Crippen LogP contribution in [0.15, 0.2) is 148 Å². The first-order valence-electron chi connectivity index (χ1n) is 21.6. The van der Waals surface area contributed by atoms with Gasteiger partial charge < -0.3 is 0 Å². The molecule has 0 saturated carbocycles. The van der Waals surface area contributed by atoms with Gasteiger partial charge in [0.05, 0.1) is 56.9 Å². The van der Waals surface area contributed by atoms with Gasteiger partial charge in [-0.05, 0) is 210 Å². The third-order valence-electron chi connectivity index (χ3n) is 10.8. The highest BCUT2D eigenvalue weighted by atomic mass is 15.1. The molecule has 10 heteroatoms. The molecule has 0 aliphatic carbocycles. The smallest absolute Gasteiger partial charge is 0.0916 e. The zero-order chi connectivity index (χ0) is 44.2. The quantitative estimate of drug-likeness (QED) is 0.0863.